The lowest BCUT2D eigenvalue weighted by Gasteiger charge is -2.32. The Labute approximate surface area is 136 Å². The summed E-state index contributed by atoms with van der Waals surface area (Å²) in [6, 6.07) is 5.33. The van der Waals surface area contributed by atoms with Crippen LogP contribution in [-0.4, -0.2) is 37.1 Å². The SMILES string of the molecule is CCOCC1CCCN(C(=O)Cc2c(Cl)cccc2Cl)C1. The Hall–Kier alpha value is -0.770. The molecule has 21 heavy (non-hydrogen) atoms. The number of rotatable bonds is 5. The fraction of sp³-hybridized carbons (Fsp3) is 0.562. The van der Waals surface area contributed by atoms with Gasteiger partial charge in [0.2, 0.25) is 5.91 Å². The van der Waals surface area contributed by atoms with Gasteiger partial charge in [-0.25, -0.2) is 0 Å². The van der Waals surface area contributed by atoms with Gasteiger partial charge in [-0.3, -0.25) is 4.79 Å². The van der Waals surface area contributed by atoms with E-state index in [9.17, 15) is 4.79 Å². The number of halogens is 2. The second kappa shape index (κ2) is 8.02. The predicted octanol–water partition coefficient (Wildman–Crippen LogP) is 3.81. The number of carbonyl (C=O) groups is 1. The molecule has 5 heteroatoms. The van der Waals surface area contributed by atoms with Crippen molar-refractivity contribution in [3.8, 4) is 0 Å². The highest BCUT2D eigenvalue weighted by Crippen LogP contribution is 2.26. The van der Waals surface area contributed by atoms with Crippen LogP contribution in [0.4, 0.5) is 0 Å². The van der Waals surface area contributed by atoms with E-state index in [1.54, 1.807) is 18.2 Å². The Balaban J connectivity index is 1.96. The standard InChI is InChI=1S/C16H21Cl2NO2/c1-2-21-11-12-5-4-8-19(10-12)16(20)9-13-14(17)6-3-7-15(13)18/h3,6-7,12H,2,4-5,8-11H2,1H3. The molecule has 1 aromatic rings. The lowest BCUT2D eigenvalue weighted by Crippen LogP contribution is -2.42. The number of likely N-dealkylation sites (tertiary alicyclic amines) is 1. The largest absolute Gasteiger partial charge is 0.381 e. The molecule has 0 saturated carbocycles. The van der Waals surface area contributed by atoms with Gasteiger partial charge in [0.05, 0.1) is 13.0 Å². The first-order chi connectivity index (χ1) is 10.1. The molecule has 0 aromatic heterocycles. The molecule has 1 atom stereocenters. The number of piperidine rings is 1. The minimum atomic E-state index is 0.0891. The first kappa shape index (κ1) is 16.6. The van der Waals surface area contributed by atoms with Crippen LogP contribution in [0.5, 0.6) is 0 Å². The lowest BCUT2D eigenvalue weighted by atomic mass is 9.98. The third kappa shape index (κ3) is 4.60. The molecule has 1 amide bonds. The smallest absolute Gasteiger partial charge is 0.227 e. The number of carbonyl (C=O) groups excluding carboxylic acids is 1. The molecule has 0 bridgehead atoms. The molecule has 116 valence electrons. The first-order valence-electron chi connectivity index (χ1n) is 7.40. The van der Waals surface area contributed by atoms with Crippen LogP contribution in [0.1, 0.15) is 25.3 Å². The highest BCUT2D eigenvalue weighted by atomic mass is 35.5. The molecule has 1 heterocycles. The first-order valence-corrected chi connectivity index (χ1v) is 8.15. The summed E-state index contributed by atoms with van der Waals surface area (Å²) in [5, 5.41) is 1.11. The van der Waals surface area contributed by atoms with E-state index < -0.39 is 0 Å². The van der Waals surface area contributed by atoms with Crippen molar-refractivity contribution in [3.63, 3.8) is 0 Å². The third-order valence-corrected chi connectivity index (χ3v) is 4.53. The molecule has 0 N–H and O–H groups in total. The van der Waals surface area contributed by atoms with Crippen LogP contribution >= 0.6 is 23.2 Å². The van der Waals surface area contributed by atoms with Crippen LogP contribution in [0, 0.1) is 5.92 Å². The summed E-state index contributed by atoms with van der Waals surface area (Å²) < 4.78 is 5.48. The Kier molecular flexibility index (Phi) is 6.34. The highest BCUT2D eigenvalue weighted by Gasteiger charge is 2.24. The molecular formula is C16H21Cl2NO2. The van der Waals surface area contributed by atoms with Crippen molar-refractivity contribution in [2.75, 3.05) is 26.3 Å². The average Bonchev–Trinajstić information content (AvgIpc) is 2.49. The molecule has 0 aliphatic carbocycles. The second-order valence-corrected chi connectivity index (χ2v) is 6.20. The third-order valence-electron chi connectivity index (χ3n) is 3.82. The van der Waals surface area contributed by atoms with Gasteiger partial charge in [-0.05, 0) is 43.4 Å². The van der Waals surface area contributed by atoms with E-state index in [0.717, 1.165) is 44.7 Å². The van der Waals surface area contributed by atoms with Gasteiger partial charge in [-0.2, -0.15) is 0 Å². The molecule has 0 radical (unpaired) electrons. The maximum atomic E-state index is 12.5. The van der Waals surface area contributed by atoms with Crippen molar-refractivity contribution in [2.45, 2.75) is 26.2 Å². The van der Waals surface area contributed by atoms with Crippen LogP contribution in [0.15, 0.2) is 18.2 Å². The van der Waals surface area contributed by atoms with Crippen molar-refractivity contribution in [1.29, 1.82) is 0 Å². The molecule has 1 aliphatic heterocycles. The van der Waals surface area contributed by atoms with Crippen molar-refractivity contribution in [2.24, 2.45) is 5.92 Å². The molecule has 3 nitrogen and oxygen atoms in total. The van der Waals surface area contributed by atoms with Crippen LogP contribution in [0.25, 0.3) is 0 Å². The van der Waals surface area contributed by atoms with Gasteiger partial charge >= 0.3 is 0 Å². The van der Waals surface area contributed by atoms with Crippen LogP contribution in [0.3, 0.4) is 0 Å². The number of hydrogen-bond acceptors (Lipinski definition) is 2. The summed E-state index contributed by atoms with van der Waals surface area (Å²) in [4.78, 5) is 14.4. The minimum absolute atomic E-state index is 0.0891. The van der Waals surface area contributed by atoms with Gasteiger partial charge < -0.3 is 9.64 Å². The monoisotopic (exact) mass is 329 g/mol. The molecule has 1 fully saturated rings. The number of hydrogen-bond donors (Lipinski definition) is 0. The number of ether oxygens (including phenoxy) is 1. The second-order valence-electron chi connectivity index (χ2n) is 5.38. The number of benzene rings is 1. The summed E-state index contributed by atoms with van der Waals surface area (Å²) in [5.41, 5.74) is 0.720. The van der Waals surface area contributed by atoms with E-state index in [0.29, 0.717) is 16.0 Å². The van der Waals surface area contributed by atoms with E-state index in [4.69, 9.17) is 27.9 Å². The van der Waals surface area contributed by atoms with Crippen molar-refractivity contribution in [1.82, 2.24) is 4.90 Å². The van der Waals surface area contributed by atoms with Gasteiger partial charge in [-0.1, -0.05) is 29.3 Å². The quantitative estimate of drug-likeness (QED) is 0.822. The van der Waals surface area contributed by atoms with Crippen LogP contribution in [0.2, 0.25) is 10.0 Å². The van der Waals surface area contributed by atoms with Crippen molar-refractivity contribution < 1.29 is 9.53 Å². The van der Waals surface area contributed by atoms with E-state index in [-0.39, 0.29) is 12.3 Å². The predicted molar refractivity (Wildman–Crippen MR) is 86.0 cm³/mol. The summed E-state index contributed by atoms with van der Waals surface area (Å²) in [5.74, 6) is 0.524. The normalized spacial score (nSPS) is 18.8. The number of amides is 1. The molecule has 2 rings (SSSR count). The van der Waals surface area contributed by atoms with Gasteiger partial charge in [0.1, 0.15) is 0 Å². The molecule has 1 unspecified atom stereocenters. The zero-order valence-electron chi connectivity index (χ0n) is 12.3. The van der Waals surface area contributed by atoms with E-state index >= 15 is 0 Å². The van der Waals surface area contributed by atoms with Crippen molar-refractivity contribution in [3.05, 3.63) is 33.8 Å². The molecule has 1 aliphatic rings. The Morgan fingerprint density at radius 1 is 1.38 bits per heavy atom. The van der Waals surface area contributed by atoms with Crippen LogP contribution < -0.4 is 0 Å². The maximum Gasteiger partial charge on any atom is 0.227 e. The highest BCUT2D eigenvalue weighted by molar-refractivity contribution is 6.36. The fourth-order valence-corrected chi connectivity index (χ4v) is 3.21. The lowest BCUT2D eigenvalue weighted by molar-refractivity contribution is -0.132. The zero-order valence-corrected chi connectivity index (χ0v) is 13.8. The fourth-order valence-electron chi connectivity index (χ4n) is 2.68. The Morgan fingerprint density at radius 3 is 2.76 bits per heavy atom. The Morgan fingerprint density at radius 2 is 2.10 bits per heavy atom. The maximum absolute atomic E-state index is 12.5. The van der Waals surface area contributed by atoms with Crippen molar-refractivity contribution >= 4 is 29.1 Å². The molecule has 0 spiro atoms. The number of nitrogens with zero attached hydrogens (tertiary/aromatic N) is 1. The van der Waals surface area contributed by atoms with E-state index in [1.165, 1.54) is 0 Å². The van der Waals surface area contributed by atoms with E-state index in [2.05, 4.69) is 0 Å². The molecule has 1 aromatic carbocycles. The van der Waals surface area contributed by atoms with Gasteiger partial charge in [0.25, 0.3) is 0 Å². The summed E-state index contributed by atoms with van der Waals surface area (Å²) in [6.45, 7) is 5.02. The van der Waals surface area contributed by atoms with Gasteiger partial charge in [-0.15, -0.1) is 0 Å². The molecular weight excluding hydrogens is 309 g/mol. The van der Waals surface area contributed by atoms with Crippen LogP contribution in [-0.2, 0) is 16.0 Å². The molecule has 1 saturated heterocycles. The average molecular weight is 330 g/mol. The summed E-state index contributed by atoms with van der Waals surface area (Å²) in [7, 11) is 0. The van der Waals surface area contributed by atoms with Gasteiger partial charge in [0.15, 0.2) is 0 Å². The summed E-state index contributed by atoms with van der Waals surface area (Å²) >= 11 is 12.3. The Bertz CT molecular complexity index is 473. The zero-order chi connectivity index (χ0) is 15.2. The topological polar surface area (TPSA) is 29.5 Å². The summed E-state index contributed by atoms with van der Waals surface area (Å²) in [6.07, 6.45) is 2.41. The minimum Gasteiger partial charge on any atom is -0.381 e. The van der Waals surface area contributed by atoms with E-state index in [1.807, 2.05) is 11.8 Å². The van der Waals surface area contributed by atoms with Gasteiger partial charge in [0, 0.05) is 29.7 Å².